The molecule has 11 heavy (non-hydrogen) atoms. The number of halogens is 1. The zero-order valence-corrected chi connectivity index (χ0v) is 7.10. The molecule has 4 heteroatoms. The summed E-state index contributed by atoms with van der Waals surface area (Å²) < 4.78 is 1.76. The van der Waals surface area contributed by atoms with Gasteiger partial charge >= 0.3 is 0 Å². The van der Waals surface area contributed by atoms with E-state index < -0.39 is 0 Å². The van der Waals surface area contributed by atoms with Gasteiger partial charge in [0.05, 0.1) is 22.5 Å². The molecule has 0 unspecified atom stereocenters. The van der Waals surface area contributed by atoms with E-state index in [0.29, 0.717) is 5.02 Å². The van der Waals surface area contributed by atoms with E-state index in [1.165, 1.54) is 0 Å². The number of aromatic nitrogens is 2. The molecule has 60 valence electrons. The van der Waals surface area contributed by atoms with Gasteiger partial charge in [0.25, 0.3) is 0 Å². The Kier molecular flexibility index (Phi) is 1.29. The van der Waals surface area contributed by atoms with E-state index in [-0.39, 0.29) is 5.54 Å². The monoisotopic (exact) mass is 171 g/mol. The van der Waals surface area contributed by atoms with Gasteiger partial charge in [-0.3, -0.25) is 4.68 Å². The molecule has 1 fully saturated rings. The summed E-state index contributed by atoms with van der Waals surface area (Å²) >= 11 is 5.91. The van der Waals surface area contributed by atoms with Crippen molar-refractivity contribution in [2.45, 2.75) is 18.4 Å². The molecule has 0 bridgehead atoms. The minimum atomic E-state index is -0.178. The lowest BCUT2D eigenvalue weighted by Gasteiger charge is -2.08. The number of nitrogens with zero attached hydrogens (tertiary/aromatic N) is 2. The molecule has 0 spiro atoms. The fourth-order valence-corrected chi connectivity index (χ4v) is 1.70. The molecular formula is C7H10ClN3. The zero-order chi connectivity index (χ0) is 8.06. The number of rotatable bonds is 1. The summed E-state index contributed by atoms with van der Waals surface area (Å²) in [5.41, 5.74) is 6.76. The summed E-state index contributed by atoms with van der Waals surface area (Å²) in [6.07, 6.45) is 3.68. The van der Waals surface area contributed by atoms with E-state index in [0.717, 1.165) is 18.5 Å². The van der Waals surface area contributed by atoms with Gasteiger partial charge in [0, 0.05) is 7.05 Å². The highest BCUT2D eigenvalue weighted by Crippen LogP contribution is 2.44. The third kappa shape index (κ3) is 0.957. The van der Waals surface area contributed by atoms with Gasteiger partial charge in [-0.25, -0.2) is 0 Å². The number of nitrogens with two attached hydrogens (primary N) is 1. The van der Waals surface area contributed by atoms with Gasteiger partial charge in [0.2, 0.25) is 0 Å². The minimum Gasteiger partial charge on any atom is -0.320 e. The van der Waals surface area contributed by atoms with Crippen molar-refractivity contribution in [3.63, 3.8) is 0 Å². The van der Waals surface area contributed by atoms with Crippen LogP contribution < -0.4 is 5.73 Å². The highest BCUT2D eigenvalue weighted by atomic mass is 35.5. The molecule has 0 radical (unpaired) electrons. The summed E-state index contributed by atoms with van der Waals surface area (Å²) in [5.74, 6) is 0. The van der Waals surface area contributed by atoms with Crippen molar-refractivity contribution < 1.29 is 0 Å². The second kappa shape index (κ2) is 1.99. The van der Waals surface area contributed by atoms with Gasteiger partial charge in [-0.1, -0.05) is 11.6 Å². The van der Waals surface area contributed by atoms with E-state index in [1.807, 2.05) is 7.05 Å². The van der Waals surface area contributed by atoms with Crippen LogP contribution in [0.3, 0.4) is 0 Å². The van der Waals surface area contributed by atoms with Gasteiger partial charge in [-0.2, -0.15) is 5.10 Å². The topological polar surface area (TPSA) is 43.8 Å². The normalized spacial score (nSPS) is 20.3. The van der Waals surface area contributed by atoms with Crippen molar-refractivity contribution in [3.05, 3.63) is 16.9 Å². The van der Waals surface area contributed by atoms with Crippen LogP contribution in [0.4, 0.5) is 0 Å². The summed E-state index contributed by atoms with van der Waals surface area (Å²) in [6.45, 7) is 0. The van der Waals surface area contributed by atoms with Crippen LogP contribution in [-0.2, 0) is 12.6 Å². The van der Waals surface area contributed by atoms with E-state index in [2.05, 4.69) is 5.10 Å². The van der Waals surface area contributed by atoms with Crippen LogP contribution in [0.15, 0.2) is 6.20 Å². The van der Waals surface area contributed by atoms with Crippen molar-refractivity contribution in [1.29, 1.82) is 0 Å². The van der Waals surface area contributed by atoms with Gasteiger partial charge < -0.3 is 5.73 Å². The van der Waals surface area contributed by atoms with Crippen LogP contribution >= 0.6 is 11.6 Å². The number of hydrogen-bond donors (Lipinski definition) is 1. The van der Waals surface area contributed by atoms with E-state index >= 15 is 0 Å². The van der Waals surface area contributed by atoms with E-state index in [4.69, 9.17) is 17.3 Å². The Bertz CT molecular complexity index is 268. The average Bonchev–Trinajstić information content (AvgIpc) is 2.56. The third-order valence-electron chi connectivity index (χ3n) is 2.15. The maximum absolute atomic E-state index is 5.97. The van der Waals surface area contributed by atoms with Crippen LogP contribution in [0.25, 0.3) is 0 Å². The predicted octanol–water partition coefficient (Wildman–Crippen LogP) is 1.02. The molecule has 0 aromatic carbocycles. The molecule has 0 aliphatic heterocycles. The molecule has 1 aliphatic carbocycles. The molecular weight excluding hydrogens is 162 g/mol. The van der Waals surface area contributed by atoms with Gasteiger partial charge in [0.1, 0.15) is 0 Å². The summed E-state index contributed by atoms with van der Waals surface area (Å²) in [4.78, 5) is 0. The SMILES string of the molecule is Cn1ncc(Cl)c1C1(N)CC1. The van der Waals surface area contributed by atoms with Crippen LogP contribution in [0.2, 0.25) is 5.02 Å². The Labute approximate surface area is 70.1 Å². The number of aryl methyl sites for hydroxylation is 1. The molecule has 1 saturated carbocycles. The Morgan fingerprint density at radius 2 is 2.36 bits per heavy atom. The van der Waals surface area contributed by atoms with Crippen LogP contribution in [-0.4, -0.2) is 9.78 Å². The first-order valence-electron chi connectivity index (χ1n) is 3.60. The standard InChI is InChI=1S/C7H10ClN3/c1-11-6(5(8)4-10-11)7(9)2-3-7/h4H,2-3,9H2,1H3. The highest BCUT2D eigenvalue weighted by molar-refractivity contribution is 6.31. The predicted molar refractivity (Wildman–Crippen MR) is 43.3 cm³/mol. The molecule has 3 nitrogen and oxygen atoms in total. The third-order valence-corrected chi connectivity index (χ3v) is 2.43. The van der Waals surface area contributed by atoms with Gasteiger partial charge in [-0.15, -0.1) is 0 Å². The van der Waals surface area contributed by atoms with Crippen molar-refractivity contribution in [1.82, 2.24) is 9.78 Å². The quantitative estimate of drug-likeness (QED) is 0.686. The van der Waals surface area contributed by atoms with Crippen molar-refractivity contribution in [3.8, 4) is 0 Å². The Balaban J connectivity index is 2.50. The first kappa shape index (κ1) is 7.13. The second-order valence-electron chi connectivity index (χ2n) is 3.12. The molecule has 0 atom stereocenters. The molecule has 1 aliphatic rings. The maximum atomic E-state index is 5.97. The van der Waals surface area contributed by atoms with Crippen molar-refractivity contribution in [2.75, 3.05) is 0 Å². The summed E-state index contributed by atoms with van der Waals surface area (Å²) in [5, 5.41) is 4.71. The first-order valence-corrected chi connectivity index (χ1v) is 3.98. The van der Waals surface area contributed by atoms with Crippen molar-refractivity contribution >= 4 is 11.6 Å². The lowest BCUT2D eigenvalue weighted by molar-refractivity contribution is 0.615. The van der Waals surface area contributed by atoms with Crippen LogP contribution in [0.1, 0.15) is 18.5 Å². The lowest BCUT2D eigenvalue weighted by Crippen LogP contribution is -2.22. The van der Waals surface area contributed by atoms with Gasteiger partial charge in [-0.05, 0) is 12.8 Å². The minimum absolute atomic E-state index is 0.178. The van der Waals surface area contributed by atoms with Crippen LogP contribution in [0.5, 0.6) is 0 Å². The lowest BCUT2D eigenvalue weighted by atomic mass is 10.2. The maximum Gasteiger partial charge on any atom is 0.0836 e. The second-order valence-corrected chi connectivity index (χ2v) is 3.53. The smallest absolute Gasteiger partial charge is 0.0836 e. The highest BCUT2D eigenvalue weighted by Gasteiger charge is 2.44. The molecule has 1 aromatic rings. The molecule has 1 heterocycles. The largest absolute Gasteiger partial charge is 0.320 e. The fraction of sp³-hybridized carbons (Fsp3) is 0.571. The van der Waals surface area contributed by atoms with Gasteiger partial charge in [0.15, 0.2) is 0 Å². The Morgan fingerprint density at radius 3 is 2.73 bits per heavy atom. The first-order chi connectivity index (χ1) is 5.13. The molecule has 2 N–H and O–H groups in total. The van der Waals surface area contributed by atoms with E-state index in [9.17, 15) is 0 Å². The average molecular weight is 172 g/mol. The zero-order valence-electron chi connectivity index (χ0n) is 6.34. The van der Waals surface area contributed by atoms with Crippen molar-refractivity contribution in [2.24, 2.45) is 12.8 Å². The molecule has 1 aromatic heterocycles. The molecule has 0 amide bonds. The fourth-order valence-electron chi connectivity index (χ4n) is 1.34. The molecule has 0 saturated heterocycles. The number of hydrogen-bond acceptors (Lipinski definition) is 2. The van der Waals surface area contributed by atoms with E-state index in [1.54, 1.807) is 10.9 Å². The Morgan fingerprint density at radius 1 is 1.73 bits per heavy atom. The van der Waals surface area contributed by atoms with Crippen LogP contribution in [0, 0.1) is 0 Å². The summed E-state index contributed by atoms with van der Waals surface area (Å²) in [7, 11) is 1.87. The Hall–Kier alpha value is -0.540. The molecule has 2 rings (SSSR count). The summed E-state index contributed by atoms with van der Waals surface area (Å²) in [6, 6.07) is 0.